The van der Waals surface area contributed by atoms with Gasteiger partial charge in [0.2, 0.25) is 0 Å². The summed E-state index contributed by atoms with van der Waals surface area (Å²) in [5.41, 5.74) is 4.56. The van der Waals surface area contributed by atoms with E-state index < -0.39 is 12.8 Å². The number of rotatable bonds is 8. The van der Waals surface area contributed by atoms with Gasteiger partial charge in [0.05, 0.1) is 24.4 Å². The standard InChI is InChI=1S/C23H24F3N3O2/c1-16-21(17(2)29(28-16)13-19-6-4-3-5-7-19)22(30)27-12-18-8-10-20(11-9-18)14-31-15-23(24,25)26/h3-11H,12-15H2,1-2H3,(H,27,30). The quantitative estimate of drug-likeness (QED) is 0.569. The van der Waals surface area contributed by atoms with E-state index in [2.05, 4.69) is 15.2 Å². The Hall–Kier alpha value is -3.13. The number of ether oxygens (including phenoxy) is 1. The van der Waals surface area contributed by atoms with Crippen molar-refractivity contribution in [2.75, 3.05) is 6.61 Å². The van der Waals surface area contributed by atoms with E-state index in [0.717, 1.165) is 16.8 Å². The van der Waals surface area contributed by atoms with Crippen molar-refractivity contribution in [3.63, 3.8) is 0 Å². The van der Waals surface area contributed by atoms with Gasteiger partial charge in [-0.3, -0.25) is 9.48 Å². The Morgan fingerprint density at radius 3 is 2.29 bits per heavy atom. The minimum absolute atomic E-state index is 0.120. The number of amides is 1. The van der Waals surface area contributed by atoms with Gasteiger partial charge in [-0.25, -0.2) is 0 Å². The molecule has 1 heterocycles. The van der Waals surface area contributed by atoms with Crippen molar-refractivity contribution in [2.45, 2.75) is 39.7 Å². The topological polar surface area (TPSA) is 56.2 Å². The van der Waals surface area contributed by atoms with Crippen LogP contribution in [-0.2, 0) is 24.4 Å². The SMILES string of the molecule is Cc1nn(Cc2ccccc2)c(C)c1C(=O)NCc1ccc(COCC(F)(F)F)cc1. The van der Waals surface area contributed by atoms with Crippen molar-refractivity contribution >= 4 is 5.91 Å². The lowest BCUT2D eigenvalue weighted by Gasteiger charge is -2.09. The molecule has 0 atom stereocenters. The molecule has 0 bridgehead atoms. The number of alkyl halides is 3. The minimum Gasteiger partial charge on any atom is -0.367 e. The van der Waals surface area contributed by atoms with Crippen molar-refractivity contribution in [3.8, 4) is 0 Å². The molecule has 0 radical (unpaired) electrons. The maximum absolute atomic E-state index is 12.7. The number of hydrogen-bond acceptors (Lipinski definition) is 3. The maximum atomic E-state index is 12.7. The fraction of sp³-hybridized carbons (Fsp3) is 0.304. The van der Waals surface area contributed by atoms with Gasteiger partial charge < -0.3 is 10.1 Å². The first-order valence-electron chi connectivity index (χ1n) is 9.81. The van der Waals surface area contributed by atoms with E-state index in [0.29, 0.717) is 29.9 Å². The molecule has 0 aliphatic carbocycles. The third kappa shape index (κ3) is 6.42. The van der Waals surface area contributed by atoms with E-state index in [1.165, 1.54) is 0 Å². The lowest BCUT2D eigenvalue weighted by Crippen LogP contribution is -2.24. The minimum atomic E-state index is -4.34. The van der Waals surface area contributed by atoms with Crippen LogP contribution in [-0.4, -0.2) is 28.5 Å². The van der Waals surface area contributed by atoms with Crippen LogP contribution >= 0.6 is 0 Å². The van der Waals surface area contributed by atoms with Crippen LogP contribution in [0.3, 0.4) is 0 Å². The number of aryl methyl sites for hydroxylation is 1. The summed E-state index contributed by atoms with van der Waals surface area (Å²) in [6.07, 6.45) is -4.34. The number of nitrogens with zero attached hydrogens (tertiary/aromatic N) is 2. The van der Waals surface area contributed by atoms with E-state index in [4.69, 9.17) is 0 Å². The van der Waals surface area contributed by atoms with Gasteiger partial charge in [0, 0.05) is 12.2 Å². The fourth-order valence-electron chi connectivity index (χ4n) is 3.24. The molecule has 0 aliphatic heterocycles. The Balaban J connectivity index is 1.57. The Morgan fingerprint density at radius 1 is 1.00 bits per heavy atom. The van der Waals surface area contributed by atoms with Gasteiger partial charge >= 0.3 is 6.18 Å². The highest BCUT2D eigenvalue weighted by atomic mass is 19.4. The molecular weight excluding hydrogens is 407 g/mol. The molecule has 1 amide bonds. The molecule has 0 saturated heterocycles. The van der Waals surface area contributed by atoms with Gasteiger partial charge in [0.1, 0.15) is 6.61 Å². The summed E-state index contributed by atoms with van der Waals surface area (Å²) in [4.78, 5) is 12.7. The summed E-state index contributed by atoms with van der Waals surface area (Å²) in [7, 11) is 0. The third-order valence-corrected chi connectivity index (χ3v) is 4.79. The van der Waals surface area contributed by atoms with Crippen LogP contribution in [0.4, 0.5) is 13.2 Å². The predicted molar refractivity (Wildman–Crippen MR) is 111 cm³/mol. The second-order valence-electron chi connectivity index (χ2n) is 7.30. The predicted octanol–water partition coefficient (Wildman–Crippen LogP) is 4.56. The first-order chi connectivity index (χ1) is 14.7. The normalized spacial score (nSPS) is 11.5. The average Bonchev–Trinajstić information content (AvgIpc) is 3.00. The first-order valence-corrected chi connectivity index (χ1v) is 9.81. The second-order valence-corrected chi connectivity index (χ2v) is 7.30. The van der Waals surface area contributed by atoms with Crippen LogP contribution < -0.4 is 5.32 Å². The molecule has 3 aromatic rings. The second kappa shape index (κ2) is 9.78. The average molecular weight is 431 g/mol. The summed E-state index contributed by atoms with van der Waals surface area (Å²) in [6.45, 7) is 3.16. The van der Waals surface area contributed by atoms with E-state index in [-0.39, 0.29) is 12.5 Å². The van der Waals surface area contributed by atoms with Crippen molar-refractivity contribution in [1.29, 1.82) is 0 Å². The number of halogens is 3. The van der Waals surface area contributed by atoms with E-state index in [1.807, 2.05) is 41.9 Å². The number of aromatic nitrogens is 2. The Bertz CT molecular complexity index is 1010. The molecule has 0 saturated carbocycles. The molecule has 1 aromatic heterocycles. The lowest BCUT2D eigenvalue weighted by molar-refractivity contribution is -0.176. The Labute approximate surface area is 178 Å². The van der Waals surface area contributed by atoms with Crippen LogP contribution in [0.15, 0.2) is 54.6 Å². The van der Waals surface area contributed by atoms with Crippen molar-refractivity contribution in [1.82, 2.24) is 15.1 Å². The zero-order valence-corrected chi connectivity index (χ0v) is 17.4. The fourth-order valence-corrected chi connectivity index (χ4v) is 3.24. The number of hydrogen-bond donors (Lipinski definition) is 1. The van der Waals surface area contributed by atoms with Gasteiger partial charge in [0.15, 0.2) is 0 Å². The molecule has 0 fully saturated rings. The summed E-state index contributed by atoms with van der Waals surface area (Å²) in [5.74, 6) is -0.216. The molecule has 0 aliphatic rings. The molecule has 2 aromatic carbocycles. The van der Waals surface area contributed by atoms with Gasteiger partial charge in [-0.15, -0.1) is 0 Å². The van der Waals surface area contributed by atoms with Crippen molar-refractivity contribution in [3.05, 3.63) is 88.2 Å². The molecule has 0 unspecified atom stereocenters. The van der Waals surface area contributed by atoms with E-state index >= 15 is 0 Å². The number of nitrogens with one attached hydrogen (secondary N) is 1. The Morgan fingerprint density at radius 2 is 1.65 bits per heavy atom. The van der Waals surface area contributed by atoms with Crippen LogP contribution in [0.2, 0.25) is 0 Å². The van der Waals surface area contributed by atoms with E-state index in [1.54, 1.807) is 31.2 Å². The highest BCUT2D eigenvalue weighted by Gasteiger charge is 2.27. The van der Waals surface area contributed by atoms with E-state index in [9.17, 15) is 18.0 Å². The molecule has 31 heavy (non-hydrogen) atoms. The maximum Gasteiger partial charge on any atom is 0.411 e. The lowest BCUT2D eigenvalue weighted by atomic mass is 10.1. The Kier molecular flexibility index (Phi) is 7.12. The number of carbonyl (C=O) groups excluding carboxylic acids is 1. The number of carbonyl (C=O) groups is 1. The molecule has 0 spiro atoms. The summed E-state index contributed by atoms with van der Waals surface area (Å²) < 4.78 is 42.9. The van der Waals surface area contributed by atoms with Gasteiger partial charge in [-0.05, 0) is 30.5 Å². The molecule has 1 N–H and O–H groups in total. The van der Waals surface area contributed by atoms with Crippen molar-refractivity contribution in [2.24, 2.45) is 0 Å². The highest BCUT2D eigenvalue weighted by molar-refractivity contribution is 5.96. The highest BCUT2D eigenvalue weighted by Crippen LogP contribution is 2.17. The smallest absolute Gasteiger partial charge is 0.367 e. The van der Waals surface area contributed by atoms with Gasteiger partial charge in [0.25, 0.3) is 5.91 Å². The first kappa shape index (κ1) is 22.6. The van der Waals surface area contributed by atoms with Crippen LogP contribution in [0.1, 0.15) is 38.4 Å². The van der Waals surface area contributed by atoms with Crippen molar-refractivity contribution < 1.29 is 22.7 Å². The van der Waals surface area contributed by atoms with Crippen LogP contribution in [0, 0.1) is 13.8 Å². The van der Waals surface area contributed by atoms with Gasteiger partial charge in [-0.1, -0.05) is 54.6 Å². The molecule has 3 rings (SSSR count). The molecule has 5 nitrogen and oxygen atoms in total. The third-order valence-electron chi connectivity index (χ3n) is 4.79. The zero-order chi connectivity index (χ0) is 22.4. The summed E-state index contributed by atoms with van der Waals surface area (Å²) in [5, 5.41) is 7.39. The van der Waals surface area contributed by atoms with Crippen LogP contribution in [0.25, 0.3) is 0 Å². The number of benzene rings is 2. The molecular formula is C23H24F3N3O2. The summed E-state index contributed by atoms with van der Waals surface area (Å²) >= 11 is 0. The van der Waals surface area contributed by atoms with Crippen LogP contribution in [0.5, 0.6) is 0 Å². The zero-order valence-electron chi connectivity index (χ0n) is 17.4. The monoisotopic (exact) mass is 431 g/mol. The largest absolute Gasteiger partial charge is 0.411 e. The summed E-state index contributed by atoms with van der Waals surface area (Å²) in [6, 6.07) is 16.8. The van der Waals surface area contributed by atoms with Gasteiger partial charge in [-0.2, -0.15) is 18.3 Å². The molecule has 8 heteroatoms. The molecule has 164 valence electrons.